The van der Waals surface area contributed by atoms with E-state index in [2.05, 4.69) is 5.10 Å². The molecule has 0 aliphatic heterocycles. The zero-order valence-electron chi connectivity index (χ0n) is 9.37. The summed E-state index contributed by atoms with van der Waals surface area (Å²) in [4.78, 5) is 0. The first kappa shape index (κ1) is 11.2. The van der Waals surface area contributed by atoms with Crippen molar-refractivity contribution >= 4 is 0 Å². The summed E-state index contributed by atoms with van der Waals surface area (Å²) < 4.78 is 7.51. The molecule has 0 saturated heterocycles. The van der Waals surface area contributed by atoms with Crippen LogP contribution >= 0.6 is 0 Å². The highest BCUT2D eigenvalue weighted by molar-refractivity contribution is 5.07. The molecule has 0 aliphatic carbocycles. The molecule has 0 atom stereocenters. The largest absolute Gasteiger partial charge is 0.368 e. The van der Waals surface area contributed by atoms with E-state index in [4.69, 9.17) is 10.5 Å². The number of hydrogen-bond acceptors (Lipinski definition) is 3. The van der Waals surface area contributed by atoms with Gasteiger partial charge in [-0.1, -0.05) is 0 Å². The van der Waals surface area contributed by atoms with Gasteiger partial charge in [0.25, 0.3) is 0 Å². The maximum Gasteiger partial charge on any atom is 0.0892 e. The van der Waals surface area contributed by atoms with Crippen LogP contribution in [-0.2, 0) is 18.4 Å². The van der Waals surface area contributed by atoms with Crippen molar-refractivity contribution in [2.75, 3.05) is 6.54 Å². The smallest absolute Gasteiger partial charge is 0.0892 e. The topological polar surface area (TPSA) is 53.1 Å². The zero-order valence-corrected chi connectivity index (χ0v) is 9.37. The molecule has 1 rings (SSSR count). The molecule has 4 heteroatoms. The van der Waals surface area contributed by atoms with Gasteiger partial charge in [-0.15, -0.1) is 0 Å². The molecule has 0 spiro atoms. The van der Waals surface area contributed by atoms with Gasteiger partial charge in [-0.25, -0.2) is 0 Å². The van der Waals surface area contributed by atoms with E-state index in [1.165, 1.54) is 0 Å². The van der Waals surface area contributed by atoms with Gasteiger partial charge in [-0.2, -0.15) is 5.10 Å². The van der Waals surface area contributed by atoms with Crippen LogP contribution in [0, 0.1) is 6.92 Å². The molecule has 0 unspecified atom stereocenters. The van der Waals surface area contributed by atoms with Crippen molar-refractivity contribution in [2.24, 2.45) is 12.8 Å². The molecular formula is C10H19N3O. The van der Waals surface area contributed by atoms with E-state index >= 15 is 0 Å². The number of nitrogens with zero attached hydrogens (tertiary/aromatic N) is 2. The van der Waals surface area contributed by atoms with E-state index in [0.29, 0.717) is 13.2 Å². The van der Waals surface area contributed by atoms with Gasteiger partial charge in [-0.05, 0) is 26.8 Å². The zero-order chi connectivity index (χ0) is 10.8. The van der Waals surface area contributed by atoms with Gasteiger partial charge >= 0.3 is 0 Å². The summed E-state index contributed by atoms with van der Waals surface area (Å²) in [6.45, 7) is 7.01. The third-order valence-electron chi connectivity index (χ3n) is 2.20. The van der Waals surface area contributed by atoms with Crippen LogP contribution < -0.4 is 5.73 Å². The van der Waals surface area contributed by atoms with Crippen molar-refractivity contribution in [3.05, 3.63) is 17.5 Å². The summed E-state index contributed by atoms with van der Waals surface area (Å²) in [5.74, 6) is 0. The van der Waals surface area contributed by atoms with Crippen LogP contribution in [0.1, 0.15) is 25.2 Å². The highest BCUT2D eigenvalue weighted by atomic mass is 16.5. The highest BCUT2D eigenvalue weighted by Gasteiger charge is 2.16. The predicted octanol–water partition coefficient (Wildman–Crippen LogP) is 0.982. The van der Waals surface area contributed by atoms with Crippen LogP contribution in [0.15, 0.2) is 6.07 Å². The van der Waals surface area contributed by atoms with E-state index in [0.717, 1.165) is 11.4 Å². The number of aryl methyl sites for hydroxylation is 2. The molecule has 4 nitrogen and oxygen atoms in total. The summed E-state index contributed by atoms with van der Waals surface area (Å²) in [5.41, 5.74) is 7.38. The Morgan fingerprint density at radius 3 is 2.64 bits per heavy atom. The average Bonchev–Trinajstić information content (AvgIpc) is 2.42. The second-order valence-electron chi connectivity index (χ2n) is 4.15. The standard InChI is InChI=1S/C10H19N3O/c1-8-5-9(13(4)12-8)6-14-10(2,3)7-11/h5H,6-7,11H2,1-4H3. The van der Waals surface area contributed by atoms with Crippen LogP contribution in [0.4, 0.5) is 0 Å². The lowest BCUT2D eigenvalue weighted by atomic mass is 10.1. The van der Waals surface area contributed by atoms with E-state index in [1.807, 2.05) is 38.6 Å². The van der Waals surface area contributed by atoms with Crippen molar-refractivity contribution < 1.29 is 4.74 Å². The van der Waals surface area contributed by atoms with E-state index < -0.39 is 0 Å². The first-order valence-corrected chi connectivity index (χ1v) is 4.78. The van der Waals surface area contributed by atoms with Crippen LogP contribution in [0.2, 0.25) is 0 Å². The Morgan fingerprint density at radius 1 is 1.57 bits per heavy atom. The summed E-state index contributed by atoms with van der Waals surface area (Å²) in [5, 5.41) is 4.24. The molecule has 0 aliphatic rings. The lowest BCUT2D eigenvalue weighted by Crippen LogP contribution is -2.34. The molecule has 80 valence electrons. The number of rotatable bonds is 4. The molecule has 0 fully saturated rings. The minimum atomic E-state index is -0.266. The van der Waals surface area contributed by atoms with Gasteiger partial charge in [0.15, 0.2) is 0 Å². The van der Waals surface area contributed by atoms with Gasteiger partial charge in [0.1, 0.15) is 0 Å². The molecule has 0 radical (unpaired) electrons. The van der Waals surface area contributed by atoms with Crippen LogP contribution in [0.25, 0.3) is 0 Å². The quantitative estimate of drug-likeness (QED) is 0.783. The average molecular weight is 197 g/mol. The minimum Gasteiger partial charge on any atom is -0.368 e. The Hall–Kier alpha value is -0.870. The first-order chi connectivity index (χ1) is 6.44. The Balaban J connectivity index is 2.58. The lowest BCUT2D eigenvalue weighted by molar-refractivity contribution is -0.0248. The van der Waals surface area contributed by atoms with Gasteiger partial charge in [-0.3, -0.25) is 4.68 Å². The molecule has 14 heavy (non-hydrogen) atoms. The molecule has 0 amide bonds. The number of ether oxygens (including phenoxy) is 1. The predicted molar refractivity (Wildman–Crippen MR) is 55.9 cm³/mol. The van der Waals surface area contributed by atoms with E-state index in [-0.39, 0.29) is 5.60 Å². The Morgan fingerprint density at radius 2 is 2.21 bits per heavy atom. The fourth-order valence-corrected chi connectivity index (χ4v) is 1.13. The molecule has 0 bridgehead atoms. The van der Waals surface area contributed by atoms with Gasteiger partial charge in [0.2, 0.25) is 0 Å². The maximum absolute atomic E-state index is 5.67. The van der Waals surface area contributed by atoms with Crippen LogP contribution in [0.3, 0.4) is 0 Å². The molecule has 1 aromatic rings. The number of aromatic nitrogens is 2. The van der Waals surface area contributed by atoms with Gasteiger partial charge in [0.05, 0.1) is 23.6 Å². The Bertz CT molecular complexity index is 304. The van der Waals surface area contributed by atoms with Crippen molar-refractivity contribution in [1.29, 1.82) is 0 Å². The SMILES string of the molecule is Cc1cc(COC(C)(C)CN)n(C)n1. The number of nitrogens with two attached hydrogens (primary N) is 1. The third-order valence-corrected chi connectivity index (χ3v) is 2.20. The monoisotopic (exact) mass is 197 g/mol. The van der Waals surface area contributed by atoms with Crippen LogP contribution in [-0.4, -0.2) is 21.9 Å². The minimum absolute atomic E-state index is 0.266. The molecule has 1 heterocycles. The Labute approximate surface area is 85.0 Å². The molecular weight excluding hydrogens is 178 g/mol. The molecule has 0 saturated carbocycles. The van der Waals surface area contributed by atoms with Gasteiger partial charge in [0, 0.05) is 13.6 Å². The second-order valence-corrected chi connectivity index (χ2v) is 4.15. The molecule has 0 aromatic carbocycles. The number of hydrogen-bond donors (Lipinski definition) is 1. The van der Waals surface area contributed by atoms with Gasteiger partial charge < -0.3 is 10.5 Å². The maximum atomic E-state index is 5.67. The third kappa shape index (κ3) is 2.82. The summed E-state index contributed by atoms with van der Waals surface area (Å²) in [6, 6.07) is 2.02. The molecule has 1 aromatic heterocycles. The first-order valence-electron chi connectivity index (χ1n) is 4.78. The normalized spacial score (nSPS) is 12.1. The molecule has 2 N–H and O–H groups in total. The van der Waals surface area contributed by atoms with Crippen LogP contribution in [0.5, 0.6) is 0 Å². The van der Waals surface area contributed by atoms with Crippen molar-refractivity contribution in [3.8, 4) is 0 Å². The summed E-state index contributed by atoms with van der Waals surface area (Å²) in [7, 11) is 1.92. The van der Waals surface area contributed by atoms with E-state index in [9.17, 15) is 0 Å². The fraction of sp³-hybridized carbons (Fsp3) is 0.700. The highest BCUT2D eigenvalue weighted by Crippen LogP contribution is 2.11. The van der Waals surface area contributed by atoms with Crippen molar-refractivity contribution in [3.63, 3.8) is 0 Å². The second kappa shape index (κ2) is 4.11. The van der Waals surface area contributed by atoms with Crippen molar-refractivity contribution in [1.82, 2.24) is 9.78 Å². The Kier molecular flexibility index (Phi) is 3.29. The lowest BCUT2D eigenvalue weighted by Gasteiger charge is -2.22. The van der Waals surface area contributed by atoms with E-state index in [1.54, 1.807) is 0 Å². The fourth-order valence-electron chi connectivity index (χ4n) is 1.13. The summed E-state index contributed by atoms with van der Waals surface area (Å²) in [6.07, 6.45) is 0. The van der Waals surface area contributed by atoms with Crippen molar-refractivity contribution in [2.45, 2.75) is 33.0 Å². The summed E-state index contributed by atoms with van der Waals surface area (Å²) >= 11 is 0.